The summed E-state index contributed by atoms with van der Waals surface area (Å²) in [5.41, 5.74) is 1.02. The third kappa shape index (κ3) is 1.30. The number of aryl methyl sites for hydroxylation is 2. The third-order valence-electron chi connectivity index (χ3n) is 2.32. The van der Waals surface area contributed by atoms with Crippen LogP contribution in [-0.4, -0.2) is 5.78 Å². The Balaban J connectivity index is 2.70. The molecule has 0 radical (unpaired) electrons. The maximum absolute atomic E-state index is 11.5. The van der Waals surface area contributed by atoms with E-state index in [0.717, 1.165) is 12.0 Å². The van der Waals surface area contributed by atoms with Gasteiger partial charge in [-0.1, -0.05) is 0 Å². The minimum atomic E-state index is -0.356. The summed E-state index contributed by atoms with van der Waals surface area (Å²) in [5.74, 6) is 0.670. The van der Waals surface area contributed by atoms with Crippen LogP contribution in [0.1, 0.15) is 34.5 Å². The fourth-order valence-electron chi connectivity index (χ4n) is 1.76. The number of Topliss-reactive ketones (excluding diaryl/α,β-unsaturated/α-hetero) is 1. The minimum absolute atomic E-state index is 0.0995. The second kappa shape index (κ2) is 2.83. The normalized spacial score (nSPS) is 15.6. The molecule has 3 nitrogen and oxygen atoms in total. The Morgan fingerprint density at radius 2 is 2.08 bits per heavy atom. The number of carbonyl (C=O) groups is 1. The number of carbonyl (C=O) groups excluding carboxylic acids is 1. The molecule has 1 aromatic heterocycles. The average molecular weight is 178 g/mol. The number of rotatable bonds is 0. The van der Waals surface area contributed by atoms with E-state index in [-0.39, 0.29) is 11.4 Å². The predicted molar refractivity (Wildman–Crippen MR) is 47.0 cm³/mol. The Bertz CT molecular complexity index is 415. The molecule has 0 N–H and O–H groups in total. The van der Waals surface area contributed by atoms with Crippen molar-refractivity contribution in [3.05, 3.63) is 33.4 Å². The van der Waals surface area contributed by atoms with Gasteiger partial charge in [-0.25, -0.2) is 4.79 Å². The fourth-order valence-corrected chi connectivity index (χ4v) is 1.76. The molecular formula is C10H10O3. The van der Waals surface area contributed by atoms with Gasteiger partial charge in [0.2, 0.25) is 0 Å². The lowest BCUT2D eigenvalue weighted by Gasteiger charge is -2.13. The van der Waals surface area contributed by atoms with E-state index in [2.05, 4.69) is 0 Å². The Morgan fingerprint density at radius 3 is 2.85 bits per heavy atom. The van der Waals surface area contributed by atoms with Crippen molar-refractivity contribution in [2.75, 3.05) is 0 Å². The van der Waals surface area contributed by atoms with E-state index in [1.807, 2.05) is 0 Å². The van der Waals surface area contributed by atoms with Crippen molar-refractivity contribution in [2.45, 2.75) is 26.2 Å². The Kier molecular flexibility index (Phi) is 1.79. The average Bonchev–Trinajstić information content (AvgIpc) is 2.02. The highest BCUT2D eigenvalue weighted by molar-refractivity contribution is 5.99. The number of hydrogen-bond acceptors (Lipinski definition) is 3. The Morgan fingerprint density at radius 1 is 1.31 bits per heavy atom. The van der Waals surface area contributed by atoms with Crippen LogP contribution in [0.25, 0.3) is 0 Å². The molecule has 0 saturated heterocycles. The summed E-state index contributed by atoms with van der Waals surface area (Å²) < 4.78 is 4.97. The minimum Gasteiger partial charge on any atom is -0.427 e. The van der Waals surface area contributed by atoms with Gasteiger partial charge in [-0.15, -0.1) is 0 Å². The van der Waals surface area contributed by atoms with Crippen LogP contribution in [0.4, 0.5) is 0 Å². The fraction of sp³-hybridized carbons (Fsp3) is 0.400. The second-order valence-electron chi connectivity index (χ2n) is 3.32. The highest BCUT2D eigenvalue weighted by Crippen LogP contribution is 2.22. The molecule has 2 rings (SSSR count). The zero-order valence-corrected chi connectivity index (χ0v) is 7.42. The van der Waals surface area contributed by atoms with Gasteiger partial charge in [0.1, 0.15) is 5.76 Å². The lowest BCUT2D eigenvalue weighted by Crippen LogP contribution is -2.16. The molecule has 0 unspecified atom stereocenters. The smallest absolute Gasteiger partial charge is 0.336 e. The van der Waals surface area contributed by atoms with Crippen molar-refractivity contribution in [2.24, 2.45) is 0 Å². The molecule has 1 aliphatic carbocycles. The first kappa shape index (κ1) is 8.23. The molecule has 1 heterocycles. The Hall–Kier alpha value is -1.38. The van der Waals surface area contributed by atoms with Gasteiger partial charge in [-0.3, -0.25) is 4.79 Å². The van der Waals surface area contributed by atoms with Gasteiger partial charge in [0.25, 0.3) is 0 Å². The number of hydrogen-bond donors (Lipinski definition) is 0. The molecule has 0 spiro atoms. The molecular weight excluding hydrogens is 168 g/mol. The molecule has 0 aromatic carbocycles. The first-order valence-electron chi connectivity index (χ1n) is 4.35. The van der Waals surface area contributed by atoms with E-state index in [0.29, 0.717) is 24.2 Å². The number of ketones is 1. The van der Waals surface area contributed by atoms with Gasteiger partial charge in [-0.2, -0.15) is 0 Å². The maximum Gasteiger partial charge on any atom is 0.336 e. The van der Waals surface area contributed by atoms with Gasteiger partial charge < -0.3 is 4.42 Å². The summed E-state index contributed by atoms with van der Waals surface area (Å²) in [4.78, 5) is 22.4. The predicted octanol–water partition coefficient (Wildman–Crippen LogP) is 1.47. The summed E-state index contributed by atoms with van der Waals surface area (Å²) >= 11 is 0. The molecule has 0 fully saturated rings. The number of fused-ring (bicyclic) bond motifs is 1. The van der Waals surface area contributed by atoms with Gasteiger partial charge in [-0.05, 0) is 18.9 Å². The third-order valence-corrected chi connectivity index (χ3v) is 2.32. The van der Waals surface area contributed by atoms with Gasteiger partial charge in [0.15, 0.2) is 5.78 Å². The van der Waals surface area contributed by atoms with Crippen molar-refractivity contribution in [3.63, 3.8) is 0 Å². The summed E-state index contributed by atoms with van der Waals surface area (Å²) in [6.45, 7) is 1.78. The summed E-state index contributed by atoms with van der Waals surface area (Å²) in [5, 5.41) is 0. The van der Waals surface area contributed by atoms with E-state index >= 15 is 0 Å². The summed E-state index contributed by atoms with van der Waals surface area (Å²) in [6, 6.07) is 1.38. The largest absolute Gasteiger partial charge is 0.427 e. The molecule has 1 aromatic rings. The first-order chi connectivity index (χ1) is 6.18. The maximum atomic E-state index is 11.5. The Labute approximate surface area is 75.4 Å². The molecule has 68 valence electrons. The highest BCUT2D eigenvalue weighted by atomic mass is 16.4. The van der Waals surface area contributed by atoms with E-state index in [4.69, 9.17) is 4.42 Å². The van der Waals surface area contributed by atoms with E-state index in [9.17, 15) is 9.59 Å². The van der Waals surface area contributed by atoms with Crippen LogP contribution >= 0.6 is 0 Å². The van der Waals surface area contributed by atoms with Gasteiger partial charge >= 0.3 is 5.63 Å². The lowest BCUT2D eigenvalue weighted by molar-refractivity contribution is 0.0965. The molecule has 0 atom stereocenters. The van der Waals surface area contributed by atoms with Crippen molar-refractivity contribution in [1.29, 1.82) is 0 Å². The molecule has 1 aliphatic rings. The quantitative estimate of drug-likeness (QED) is 0.604. The van der Waals surface area contributed by atoms with Crippen LogP contribution < -0.4 is 5.63 Å². The van der Waals surface area contributed by atoms with E-state index in [1.165, 1.54) is 6.07 Å². The second-order valence-corrected chi connectivity index (χ2v) is 3.32. The highest BCUT2D eigenvalue weighted by Gasteiger charge is 2.21. The van der Waals surface area contributed by atoms with Crippen molar-refractivity contribution in [3.8, 4) is 0 Å². The zero-order valence-electron chi connectivity index (χ0n) is 7.42. The standard InChI is InChI=1S/C10H10O3/c1-6-5-9(12)13-8-4-2-3-7(11)10(6)8/h5H,2-4H2,1H3. The van der Waals surface area contributed by atoms with E-state index < -0.39 is 0 Å². The van der Waals surface area contributed by atoms with Crippen LogP contribution in [0.5, 0.6) is 0 Å². The topological polar surface area (TPSA) is 47.3 Å². The lowest BCUT2D eigenvalue weighted by atomic mass is 9.93. The molecule has 3 heteroatoms. The van der Waals surface area contributed by atoms with Crippen molar-refractivity contribution < 1.29 is 9.21 Å². The van der Waals surface area contributed by atoms with Crippen LogP contribution in [0.2, 0.25) is 0 Å². The van der Waals surface area contributed by atoms with Crippen LogP contribution in [0.3, 0.4) is 0 Å². The van der Waals surface area contributed by atoms with E-state index in [1.54, 1.807) is 6.92 Å². The van der Waals surface area contributed by atoms with Crippen molar-refractivity contribution >= 4 is 5.78 Å². The molecule has 13 heavy (non-hydrogen) atoms. The van der Waals surface area contributed by atoms with Gasteiger partial charge in [0.05, 0.1) is 5.56 Å². The zero-order chi connectivity index (χ0) is 9.42. The van der Waals surface area contributed by atoms with Crippen LogP contribution in [0.15, 0.2) is 15.3 Å². The SMILES string of the molecule is Cc1cc(=O)oc2c1C(=O)CCC2. The van der Waals surface area contributed by atoms with Crippen molar-refractivity contribution in [1.82, 2.24) is 0 Å². The molecule has 0 bridgehead atoms. The van der Waals surface area contributed by atoms with Crippen LogP contribution in [0, 0.1) is 6.92 Å². The summed E-state index contributed by atoms with van der Waals surface area (Å²) in [7, 11) is 0. The molecule has 0 amide bonds. The monoisotopic (exact) mass is 178 g/mol. The van der Waals surface area contributed by atoms with Crippen LogP contribution in [-0.2, 0) is 6.42 Å². The molecule has 0 saturated carbocycles. The van der Waals surface area contributed by atoms with Gasteiger partial charge in [0, 0.05) is 18.9 Å². The summed E-state index contributed by atoms with van der Waals surface area (Å²) in [6.07, 6.45) is 2.07. The first-order valence-corrected chi connectivity index (χ1v) is 4.35. The molecule has 0 aliphatic heterocycles.